The van der Waals surface area contributed by atoms with E-state index in [0.29, 0.717) is 21.3 Å². The maximum absolute atomic E-state index is 11.5. The van der Waals surface area contributed by atoms with E-state index >= 15 is 0 Å². The van der Waals surface area contributed by atoms with Crippen LogP contribution in [0.25, 0.3) is 11.0 Å². The third kappa shape index (κ3) is 1.86. The molecule has 78 valence electrons. The van der Waals surface area contributed by atoms with Crippen LogP contribution in [0.4, 0.5) is 0 Å². The SMILES string of the molecule is COc1cccc2cc(CI)c(=O)oc12. The highest BCUT2D eigenvalue weighted by atomic mass is 127. The average Bonchev–Trinajstić information content (AvgIpc) is 2.27. The van der Waals surface area contributed by atoms with Crippen LogP contribution >= 0.6 is 22.6 Å². The number of methoxy groups -OCH3 is 1. The van der Waals surface area contributed by atoms with E-state index in [-0.39, 0.29) is 5.63 Å². The predicted octanol–water partition coefficient (Wildman–Crippen LogP) is 2.74. The van der Waals surface area contributed by atoms with Crippen LogP contribution in [0.3, 0.4) is 0 Å². The number of rotatable bonds is 2. The molecule has 0 spiro atoms. The van der Waals surface area contributed by atoms with E-state index < -0.39 is 0 Å². The second-order valence-corrected chi connectivity index (χ2v) is 3.83. The lowest BCUT2D eigenvalue weighted by Crippen LogP contribution is -2.04. The lowest BCUT2D eigenvalue weighted by atomic mass is 10.2. The summed E-state index contributed by atoms with van der Waals surface area (Å²) in [5, 5.41) is 0.889. The van der Waals surface area contributed by atoms with Gasteiger partial charge in [-0.1, -0.05) is 34.7 Å². The predicted molar refractivity (Wildman–Crippen MR) is 66.8 cm³/mol. The highest BCUT2D eigenvalue weighted by molar-refractivity contribution is 14.1. The van der Waals surface area contributed by atoms with Gasteiger partial charge in [0, 0.05) is 15.4 Å². The third-order valence-corrected chi connectivity index (χ3v) is 2.98. The molecular formula is C11H9IO3. The first-order valence-corrected chi connectivity index (χ1v) is 5.94. The Kier molecular flexibility index (Phi) is 2.95. The lowest BCUT2D eigenvalue weighted by molar-refractivity contribution is 0.406. The van der Waals surface area contributed by atoms with Gasteiger partial charge in [0.2, 0.25) is 0 Å². The number of alkyl halides is 1. The maximum Gasteiger partial charge on any atom is 0.340 e. The molecule has 1 heterocycles. The van der Waals surface area contributed by atoms with E-state index in [1.54, 1.807) is 13.2 Å². The van der Waals surface area contributed by atoms with E-state index in [9.17, 15) is 4.79 Å². The number of ether oxygens (including phenoxy) is 1. The van der Waals surface area contributed by atoms with Crippen molar-refractivity contribution in [2.24, 2.45) is 0 Å². The molecule has 0 amide bonds. The fourth-order valence-electron chi connectivity index (χ4n) is 1.41. The van der Waals surface area contributed by atoms with Crippen LogP contribution in [-0.2, 0) is 4.43 Å². The van der Waals surface area contributed by atoms with Crippen molar-refractivity contribution in [3.8, 4) is 5.75 Å². The van der Waals surface area contributed by atoms with Crippen LogP contribution in [0.5, 0.6) is 5.75 Å². The molecule has 0 radical (unpaired) electrons. The van der Waals surface area contributed by atoms with Gasteiger partial charge in [0.1, 0.15) is 0 Å². The summed E-state index contributed by atoms with van der Waals surface area (Å²) in [4.78, 5) is 11.5. The Morgan fingerprint density at radius 1 is 1.47 bits per heavy atom. The van der Waals surface area contributed by atoms with Gasteiger partial charge in [-0.05, 0) is 12.1 Å². The molecule has 2 rings (SSSR count). The largest absolute Gasteiger partial charge is 0.493 e. The number of hydrogen-bond donors (Lipinski definition) is 0. The molecule has 2 aromatic rings. The van der Waals surface area contributed by atoms with Gasteiger partial charge < -0.3 is 9.15 Å². The van der Waals surface area contributed by atoms with Crippen molar-refractivity contribution in [2.75, 3.05) is 7.11 Å². The Labute approximate surface area is 100 Å². The highest BCUT2D eigenvalue weighted by Crippen LogP contribution is 2.24. The van der Waals surface area contributed by atoms with Crippen LogP contribution in [0.15, 0.2) is 33.5 Å². The molecule has 0 N–H and O–H groups in total. The molecule has 0 saturated heterocycles. The summed E-state index contributed by atoms with van der Waals surface area (Å²) in [7, 11) is 1.56. The molecule has 3 nitrogen and oxygen atoms in total. The summed E-state index contributed by atoms with van der Waals surface area (Å²) in [6, 6.07) is 7.39. The van der Waals surface area contributed by atoms with Gasteiger partial charge in [0.05, 0.1) is 7.11 Å². The lowest BCUT2D eigenvalue weighted by Gasteiger charge is -2.03. The second-order valence-electron chi connectivity index (χ2n) is 3.07. The summed E-state index contributed by atoms with van der Waals surface area (Å²) in [6.45, 7) is 0. The fourth-order valence-corrected chi connectivity index (χ4v) is 1.95. The van der Waals surface area contributed by atoms with Crippen LogP contribution in [0, 0.1) is 0 Å². The Bertz CT molecular complexity index is 545. The van der Waals surface area contributed by atoms with E-state index in [4.69, 9.17) is 9.15 Å². The molecule has 0 saturated carbocycles. The molecule has 0 unspecified atom stereocenters. The van der Waals surface area contributed by atoms with Crippen molar-refractivity contribution in [1.82, 2.24) is 0 Å². The zero-order chi connectivity index (χ0) is 10.8. The van der Waals surface area contributed by atoms with Gasteiger partial charge in [-0.25, -0.2) is 4.79 Å². The minimum Gasteiger partial charge on any atom is -0.493 e. The molecule has 0 aliphatic carbocycles. The molecule has 0 bridgehead atoms. The maximum atomic E-state index is 11.5. The van der Waals surface area contributed by atoms with Crippen molar-refractivity contribution < 1.29 is 9.15 Å². The number of fused-ring (bicyclic) bond motifs is 1. The van der Waals surface area contributed by atoms with E-state index in [0.717, 1.165) is 5.39 Å². The summed E-state index contributed by atoms with van der Waals surface area (Å²) >= 11 is 2.14. The minimum atomic E-state index is -0.290. The van der Waals surface area contributed by atoms with Crippen LogP contribution < -0.4 is 10.4 Å². The Balaban J connectivity index is 2.80. The molecule has 0 aliphatic rings. The van der Waals surface area contributed by atoms with E-state index in [1.807, 2.05) is 18.2 Å². The number of para-hydroxylation sites is 1. The Hall–Kier alpha value is -1.04. The number of benzene rings is 1. The minimum absolute atomic E-state index is 0.290. The van der Waals surface area contributed by atoms with E-state index in [2.05, 4.69) is 22.6 Å². The van der Waals surface area contributed by atoms with Gasteiger partial charge in [-0.15, -0.1) is 0 Å². The summed E-state index contributed by atoms with van der Waals surface area (Å²) < 4.78 is 11.0. The molecular weight excluding hydrogens is 307 g/mol. The molecule has 1 aromatic heterocycles. The molecule has 0 fully saturated rings. The van der Waals surface area contributed by atoms with Gasteiger partial charge in [0.15, 0.2) is 11.3 Å². The van der Waals surface area contributed by atoms with Crippen LogP contribution in [-0.4, -0.2) is 7.11 Å². The molecule has 4 heteroatoms. The highest BCUT2D eigenvalue weighted by Gasteiger charge is 2.07. The quantitative estimate of drug-likeness (QED) is 0.486. The monoisotopic (exact) mass is 316 g/mol. The number of halogens is 1. The molecule has 0 aliphatic heterocycles. The van der Waals surface area contributed by atoms with Crippen molar-refractivity contribution >= 4 is 33.6 Å². The van der Waals surface area contributed by atoms with E-state index in [1.165, 1.54) is 0 Å². The van der Waals surface area contributed by atoms with Gasteiger partial charge in [0.25, 0.3) is 0 Å². The first-order chi connectivity index (χ1) is 7.26. The Morgan fingerprint density at radius 2 is 2.27 bits per heavy atom. The molecule has 15 heavy (non-hydrogen) atoms. The van der Waals surface area contributed by atoms with Gasteiger partial charge in [-0.2, -0.15) is 0 Å². The molecule has 1 aromatic carbocycles. The Morgan fingerprint density at radius 3 is 2.93 bits per heavy atom. The van der Waals surface area contributed by atoms with Crippen molar-refractivity contribution in [2.45, 2.75) is 4.43 Å². The zero-order valence-electron chi connectivity index (χ0n) is 8.12. The van der Waals surface area contributed by atoms with Gasteiger partial charge >= 0.3 is 5.63 Å². The molecule has 0 atom stereocenters. The van der Waals surface area contributed by atoms with Crippen LogP contribution in [0.1, 0.15) is 5.56 Å². The third-order valence-electron chi connectivity index (χ3n) is 2.16. The van der Waals surface area contributed by atoms with Crippen LogP contribution in [0.2, 0.25) is 0 Å². The smallest absolute Gasteiger partial charge is 0.340 e. The normalized spacial score (nSPS) is 10.5. The number of hydrogen-bond acceptors (Lipinski definition) is 3. The van der Waals surface area contributed by atoms with Crippen molar-refractivity contribution in [3.05, 3.63) is 40.2 Å². The summed E-state index contributed by atoms with van der Waals surface area (Å²) in [6.07, 6.45) is 0. The first-order valence-electron chi connectivity index (χ1n) is 4.42. The average molecular weight is 316 g/mol. The second kappa shape index (κ2) is 4.22. The summed E-state index contributed by atoms with van der Waals surface area (Å²) in [5.74, 6) is 0.588. The fraction of sp³-hybridized carbons (Fsp3) is 0.182. The van der Waals surface area contributed by atoms with Crippen molar-refractivity contribution in [1.29, 1.82) is 0 Å². The first kappa shape index (κ1) is 10.5. The topological polar surface area (TPSA) is 39.4 Å². The van der Waals surface area contributed by atoms with Crippen molar-refractivity contribution in [3.63, 3.8) is 0 Å². The standard InChI is InChI=1S/C11H9IO3/c1-14-9-4-2-3-7-5-8(6-12)11(13)15-10(7)9/h2-5H,6H2,1H3. The zero-order valence-corrected chi connectivity index (χ0v) is 10.3. The van der Waals surface area contributed by atoms with Gasteiger partial charge in [-0.3, -0.25) is 0 Å². The summed E-state index contributed by atoms with van der Waals surface area (Å²) in [5.41, 5.74) is 0.899.